The number of ketones is 1. The number of halogens is 1. The molecule has 2 heteroatoms. The highest BCUT2D eigenvalue weighted by Crippen LogP contribution is 2.10. The summed E-state index contributed by atoms with van der Waals surface area (Å²) in [5, 5.41) is 0. The minimum Gasteiger partial charge on any atom is -0.291 e. The minimum atomic E-state index is -1.34. The Balaban J connectivity index is 2.68. The highest BCUT2D eigenvalue weighted by molar-refractivity contribution is 5.99. The molecule has 0 radical (unpaired) electrons. The summed E-state index contributed by atoms with van der Waals surface area (Å²) < 4.78 is 13.1. The second kappa shape index (κ2) is 4.75. The first-order chi connectivity index (χ1) is 6.25. The molecule has 0 amide bonds. The van der Waals surface area contributed by atoms with Crippen LogP contribution < -0.4 is 0 Å². The fourth-order valence-electron chi connectivity index (χ4n) is 1.17. The van der Waals surface area contributed by atoms with Crippen LogP contribution >= 0.6 is 0 Å². The Morgan fingerprint density at radius 3 is 2.54 bits per heavy atom. The lowest BCUT2D eigenvalue weighted by Crippen LogP contribution is -2.15. The number of rotatable bonds is 4. The summed E-state index contributed by atoms with van der Waals surface area (Å²) in [5.74, 6) is -0.401. The van der Waals surface area contributed by atoms with Gasteiger partial charge in [0.25, 0.3) is 0 Å². The number of carbonyl (C=O) groups is 1. The molecule has 0 N–H and O–H groups in total. The number of hydrogen-bond donors (Lipinski definition) is 0. The fourth-order valence-corrected chi connectivity index (χ4v) is 1.17. The normalized spacial score (nSPS) is 12.5. The molecule has 70 valence electrons. The maximum atomic E-state index is 13.1. The van der Waals surface area contributed by atoms with Crippen LogP contribution in [0.25, 0.3) is 0 Å². The first-order valence-corrected chi connectivity index (χ1v) is 4.49. The van der Waals surface area contributed by atoms with Crippen LogP contribution in [-0.2, 0) is 0 Å². The van der Waals surface area contributed by atoms with E-state index < -0.39 is 12.0 Å². The Kier molecular flexibility index (Phi) is 3.62. The molecule has 1 aromatic carbocycles. The molecule has 0 spiro atoms. The van der Waals surface area contributed by atoms with E-state index in [1.165, 1.54) is 0 Å². The standard InChI is InChI=1S/C11H13FO/c1-2-6-10(12)11(13)9-7-4-3-5-8-9/h3-5,7-8,10H,2,6H2,1H3. The largest absolute Gasteiger partial charge is 0.291 e. The van der Waals surface area contributed by atoms with Crippen LogP contribution in [0.4, 0.5) is 4.39 Å². The molecule has 1 unspecified atom stereocenters. The average Bonchev–Trinajstić information content (AvgIpc) is 2.18. The number of hydrogen-bond acceptors (Lipinski definition) is 1. The lowest BCUT2D eigenvalue weighted by molar-refractivity contribution is 0.0868. The van der Waals surface area contributed by atoms with E-state index in [4.69, 9.17) is 0 Å². The van der Waals surface area contributed by atoms with E-state index in [0.29, 0.717) is 18.4 Å². The summed E-state index contributed by atoms with van der Waals surface area (Å²) in [6.45, 7) is 1.87. The Labute approximate surface area is 77.6 Å². The molecule has 0 heterocycles. The monoisotopic (exact) mass is 180 g/mol. The average molecular weight is 180 g/mol. The first kappa shape index (κ1) is 9.90. The molecule has 0 aliphatic rings. The molecule has 1 rings (SSSR count). The predicted molar refractivity (Wildman–Crippen MR) is 50.6 cm³/mol. The van der Waals surface area contributed by atoms with E-state index in [1.54, 1.807) is 24.3 Å². The van der Waals surface area contributed by atoms with Gasteiger partial charge < -0.3 is 0 Å². The van der Waals surface area contributed by atoms with Gasteiger partial charge in [-0.1, -0.05) is 43.7 Å². The molecule has 0 bridgehead atoms. The van der Waals surface area contributed by atoms with Crippen molar-refractivity contribution in [1.82, 2.24) is 0 Å². The number of benzene rings is 1. The Bertz CT molecular complexity index is 269. The number of alkyl halides is 1. The summed E-state index contributed by atoms with van der Waals surface area (Å²) >= 11 is 0. The van der Waals surface area contributed by atoms with E-state index in [9.17, 15) is 9.18 Å². The van der Waals surface area contributed by atoms with Crippen molar-refractivity contribution in [1.29, 1.82) is 0 Å². The summed E-state index contributed by atoms with van der Waals surface area (Å²) in [4.78, 5) is 11.4. The SMILES string of the molecule is CCCC(F)C(=O)c1ccccc1. The van der Waals surface area contributed by atoms with Crippen molar-refractivity contribution >= 4 is 5.78 Å². The highest BCUT2D eigenvalue weighted by atomic mass is 19.1. The van der Waals surface area contributed by atoms with Crippen molar-refractivity contribution in [2.75, 3.05) is 0 Å². The van der Waals surface area contributed by atoms with Crippen LogP contribution in [0, 0.1) is 0 Å². The first-order valence-electron chi connectivity index (χ1n) is 4.49. The summed E-state index contributed by atoms with van der Waals surface area (Å²) in [6, 6.07) is 8.58. The quantitative estimate of drug-likeness (QED) is 0.651. The third-order valence-electron chi connectivity index (χ3n) is 1.88. The van der Waals surface area contributed by atoms with Crippen molar-refractivity contribution in [3.63, 3.8) is 0 Å². The van der Waals surface area contributed by atoms with E-state index in [-0.39, 0.29) is 0 Å². The number of carbonyl (C=O) groups excluding carboxylic acids is 1. The van der Waals surface area contributed by atoms with Gasteiger partial charge in [0.15, 0.2) is 12.0 Å². The van der Waals surface area contributed by atoms with Crippen molar-refractivity contribution in [3.8, 4) is 0 Å². The molecule has 0 aromatic heterocycles. The molecule has 1 atom stereocenters. The van der Waals surface area contributed by atoms with Gasteiger partial charge in [-0.3, -0.25) is 4.79 Å². The van der Waals surface area contributed by atoms with Gasteiger partial charge in [-0.2, -0.15) is 0 Å². The van der Waals surface area contributed by atoms with Gasteiger partial charge in [-0.15, -0.1) is 0 Å². The van der Waals surface area contributed by atoms with E-state index in [2.05, 4.69) is 0 Å². The molecular formula is C11H13FO. The molecule has 13 heavy (non-hydrogen) atoms. The predicted octanol–water partition coefficient (Wildman–Crippen LogP) is 3.01. The molecule has 0 aliphatic heterocycles. The van der Waals surface area contributed by atoms with Crippen LogP contribution in [0.15, 0.2) is 30.3 Å². The maximum absolute atomic E-state index is 13.1. The lowest BCUT2D eigenvalue weighted by Gasteiger charge is -2.04. The van der Waals surface area contributed by atoms with Crippen LogP contribution in [0.2, 0.25) is 0 Å². The van der Waals surface area contributed by atoms with E-state index >= 15 is 0 Å². The zero-order valence-corrected chi connectivity index (χ0v) is 7.66. The molecule has 1 aromatic rings. The summed E-state index contributed by atoms with van der Waals surface area (Å²) in [7, 11) is 0. The van der Waals surface area contributed by atoms with Crippen LogP contribution in [-0.4, -0.2) is 12.0 Å². The zero-order valence-electron chi connectivity index (χ0n) is 7.66. The summed E-state index contributed by atoms with van der Waals surface area (Å²) in [6.07, 6.45) is -0.333. The van der Waals surface area contributed by atoms with Gasteiger partial charge in [0.2, 0.25) is 0 Å². The van der Waals surface area contributed by atoms with Crippen molar-refractivity contribution < 1.29 is 9.18 Å². The molecule has 0 aliphatic carbocycles. The third-order valence-corrected chi connectivity index (χ3v) is 1.88. The van der Waals surface area contributed by atoms with Crippen LogP contribution in [0.3, 0.4) is 0 Å². The molecule has 0 fully saturated rings. The van der Waals surface area contributed by atoms with Gasteiger partial charge in [-0.25, -0.2) is 4.39 Å². The second-order valence-electron chi connectivity index (χ2n) is 2.99. The zero-order chi connectivity index (χ0) is 9.68. The molecule has 1 nitrogen and oxygen atoms in total. The second-order valence-corrected chi connectivity index (χ2v) is 2.99. The van der Waals surface area contributed by atoms with Gasteiger partial charge in [0.05, 0.1) is 0 Å². The topological polar surface area (TPSA) is 17.1 Å². The Hall–Kier alpha value is -1.18. The van der Waals surface area contributed by atoms with Crippen molar-refractivity contribution in [2.24, 2.45) is 0 Å². The lowest BCUT2D eigenvalue weighted by atomic mass is 10.0. The van der Waals surface area contributed by atoms with Gasteiger partial charge in [0.1, 0.15) is 0 Å². The van der Waals surface area contributed by atoms with Gasteiger partial charge in [-0.05, 0) is 6.42 Å². The Morgan fingerprint density at radius 2 is 2.00 bits per heavy atom. The summed E-state index contributed by atoms with van der Waals surface area (Å²) in [5.41, 5.74) is 0.462. The number of Topliss-reactive ketones (excluding diaryl/α,β-unsaturated/α-hetero) is 1. The van der Waals surface area contributed by atoms with E-state index in [1.807, 2.05) is 13.0 Å². The highest BCUT2D eigenvalue weighted by Gasteiger charge is 2.17. The van der Waals surface area contributed by atoms with Gasteiger partial charge in [0, 0.05) is 5.56 Å². The van der Waals surface area contributed by atoms with Crippen LogP contribution in [0.5, 0.6) is 0 Å². The minimum absolute atomic E-state index is 0.313. The smallest absolute Gasteiger partial charge is 0.196 e. The molecule has 0 saturated carbocycles. The third kappa shape index (κ3) is 2.65. The maximum Gasteiger partial charge on any atom is 0.196 e. The van der Waals surface area contributed by atoms with Gasteiger partial charge >= 0.3 is 0 Å². The van der Waals surface area contributed by atoms with Crippen molar-refractivity contribution in [2.45, 2.75) is 25.9 Å². The molecule has 0 saturated heterocycles. The molecular weight excluding hydrogens is 167 g/mol. The Morgan fingerprint density at radius 1 is 1.38 bits per heavy atom. The fraction of sp³-hybridized carbons (Fsp3) is 0.364. The van der Waals surface area contributed by atoms with E-state index in [0.717, 1.165) is 0 Å². The van der Waals surface area contributed by atoms with Crippen LogP contribution in [0.1, 0.15) is 30.1 Å². The van der Waals surface area contributed by atoms with Crippen molar-refractivity contribution in [3.05, 3.63) is 35.9 Å².